The average molecular weight is 157 g/mol. The van der Waals surface area contributed by atoms with Gasteiger partial charge in [-0.25, -0.2) is 0 Å². The number of halogens is 1. The molecule has 0 fully saturated rings. The average Bonchev–Trinajstić information content (AvgIpc) is 1.94. The predicted octanol–water partition coefficient (Wildman–Crippen LogP) is 2.17. The summed E-state index contributed by atoms with van der Waals surface area (Å²) in [5, 5.41) is 3.80. The molecule has 10 heavy (non-hydrogen) atoms. The van der Waals surface area contributed by atoms with Crippen molar-refractivity contribution < 1.29 is 0 Å². The highest BCUT2D eigenvalue weighted by Crippen LogP contribution is 2.18. The summed E-state index contributed by atoms with van der Waals surface area (Å²) in [6.45, 7) is 2.88. The maximum atomic E-state index is 5.80. The normalized spacial score (nSPS) is 9.40. The van der Waals surface area contributed by atoms with Gasteiger partial charge in [0, 0.05) is 12.7 Å². The van der Waals surface area contributed by atoms with E-state index in [1.54, 1.807) is 18.5 Å². The van der Waals surface area contributed by atoms with Crippen molar-refractivity contribution in [2.45, 2.75) is 6.92 Å². The second kappa shape index (κ2) is 3.42. The molecule has 1 heterocycles. The smallest absolute Gasteiger partial charge is 0.0715 e. The Morgan fingerprint density at radius 2 is 2.50 bits per heavy atom. The number of rotatable bonds is 2. The number of nitrogens with one attached hydrogen (secondary N) is 1. The van der Waals surface area contributed by atoms with E-state index in [2.05, 4.69) is 10.3 Å². The van der Waals surface area contributed by atoms with E-state index in [1.807, 2.05) is 6.92 Å². The first-order valence-corrected chi connectivity index (χ1v) is 3.55. The van der Waals surface area contributed by atoms with E-state index >= 15 is 0 Å². The lowest BCUT2D eigenvalue weighted by Crippen LogP contribution is -1.96. The molecule has 1 aromatic rings. The van der Waals surface area contributed by atoms with Crippen molar-refractivity contribution in [1.29, 1.82) is 0 Å². The van der Waals surface area contributed by atoms with Crippen molar-refractivity contribution in [3.63, 3.8) is 0 Å². The van der Waals surface area contributed by atoms with Gasteiger partial charge in [-0.05, 0) is 13.0 Å². The van der Waals surface area contributed by atoms with Crippen molar-refractivity contribution in [2.24, 2.45) is 0 Å². The topological polar surface area (TPSA) is 24.9 Å². The van der Waals surface area contributed by atoms with Crippen LogP contribution >= 0.6 is 11.6 Å². The molecule has 0 saturated heterocycles. The Hall–Kier alpha value is -0.760. The summed E-state index contributed by atoms with van der Waals surface area (Å²) in [6.07, 6.45) is 3.38. The van der Waals surface area contributed by atoms with E-state index in [0.29, 0.717) is 0 Å². The molecule has 2 nitrogen and oxygen atoms in total. The first-order valence-electron chi connectivity index (χ1n) is 3.18. The minimum Gasteiger partial charge on any atom is -0.383 e. The van der Waals surface area contributed by atoms with Gasteiger partial charge in [0.2, 0.25) is 0 Å². The van der Waals surface area contributed by atoms with E-state index in [0.717, 1.165) is 17.3 Å². The Balaban J connectivity index is 2.81. The minimum absolute atomic E-state index is 0.719. The maximum absolute atomic E-state index is 5.80. The van der Waals surface area contributed by atoms with Crippen LogP contribution in [0.1, 0.15) is 6.92 Å². The van der Waals surface area contributed by atoms with Crippen molar-refractivity contribution in [2.75, 3.05) is 11.9 Å². The summed E-state index contributed by atoms with van der Waals surface area (Å²) in [5.74, 6) is 0. The van der Waals surface area contributed by atoms with E-state index in [1.165, 1.54) is 0 Å². The van der Waals surface area contributed by atoms with Gasteiger partial charge in [-0.15, -0.1) is 0 Å². The first-order chi connectivity index (χ1) is 4.84. The van der Waals surface area contributed by atoms with Crippen LogP contribution in [0.4, 0.5) is 5.69 Å². The third-order valence-corrected chi connectivity index (χ3v) is 1.46. The Bertz CT molecular complexity index is 213. The molecule has 0 bridgehead atoms. The van der Waals surface area contributed by atoms with Gasteiger partial charge in [0.25, 0.3) is 0 Å². The molecule has 3 heteroatoms. The van der Waals surface area contributed by atoms with Gasteiger partial charge < -0.3 is 5.32 Å². The van der Waals surface area contributed by atoms with Crippen molar-refractivity contribution >= 4 is 17.3 Å². The summed E-state index contributed by atoms with van der Waals surface area (Å²) in [7, 11) is 0. The molecule has 0 aliphatic rings. The minimum atomic E-state index is 0.719. The van der Waals surface area contributed by atoms with E-state index in [4.69, 9.17) is 11.6 Å². The van der Waals surface area contributed by atoms with Crippen LogP contribution in [-0.2, 0) is 0 Å². The number of anilines is 1. The third kappa shape index (κ3) is 1.61. The molecular formula is C7H9ClN2. The summed E-state index contributed by atoms with van der Waals surface area (Å²) in [6, 6.07) is 1.76. The Morgan fingerprint density at radius 3 is 3.10 bits per heavy atom. The molecule has 0 atom stereocenters. The molecule has 1 rings (SSSR count). The monoisotopic (exact) mass is 156 g/mol. The Labute approximate surface area is 65.2 Å². The molecular weight excluding hydrogens is 148 g/mol. The zero-order valence-corrected chi connectivity index (χ0v) is 6.52. The SMILES string of the molecule is CCNc1cnccc1Cl. The summed E-state index contributed by atoms with van der Waals surface area (Å²) < 4.78 is 0. The lowest BCUT2D eigenvalue weighted by atomic mass is 10.4. The van der Waals surface area contributed by atoms with E-state index in [-0.39, 0.29) is 0 Å². The van der Waals surface area contributed by atoms with Crippen molar-refractivity contribution in [3.05, 3.63) is 23.5 Å². The summed E-state index contributed by atoms with van der Waals surface area (Å²) in [5.41, 5.74) is 0.895. The number of hydrogen-bond donors (Lipinski definition) is 1. The standard InChI is InChI=1S/C7H9ClN2/c1-2-10-7-5-9-4-3-6(7)8/h3-5,10H,2H2,1H3. The Kier molecular flexibility index (Phi) is 2.51. The highest BCUT2D eigenvalue weighted by Gasteiger charge is 1.94. The zero-order chi connectivity index (χ0) is 7.40. The fraction of sp³-hybridized carbons (Fsp3) is 0.286. The first kappa shape index (κ1) is 7.35. The van der Waals surface area contributed by atoms with Crippen LogP contribution in [0.25, 0.3) is 0 Å². The molecule has 0 aliphatic carbocycles. The Morgan fingerprint density at radius 1 is 1.70 bits per heavy atom. The van der Waals surface area contributed by atoms with Crippen LogP contribution in [0, 0.1) is 0 Å². The van der Waals surface area contributed by atoms with Crippen LogP contribution < -0.4 is 5.32 Å². The fourth-order valence-electron chi connectivity index (χ4n) is 0.698. The van der Waals surface area contributed by atoms with Crippen LogP contribution in [-0.4, -0.2) is 11.5 Å². The molecule has 0 unspecified atom stereocenters. The van der Waals surface area contributed by atoms with Crippen LogP contribution in [0.3, 0.4) is 0 Å². The predicted molar refractivity (Wildman–Crippen MR) is 43.4 cm³/mol. The highest BCUT2D eigenvalue weighted by molar-refractivity contribution is 6.33. The molecule has 0 amide bonds. The zero-order valence-electron chi connectivity index (χ0n) is 5.76. The van der Waals surface area contributed by atoms with Crippen molar-refractivity contribution in [1.82, 2.24) is 4.98 Å². The second-order valence-corrected chi connectivity index (χ2v) is 2.29. The molecule has 0 saturated carbocycles. The van der Waals surface area contributed by atoms with E-state index < -0.39 is 0 Å². The summed E-state index contributed by atoms with van der Waals surface area (Å²) >= 11 is 5.80. The quantitative estimate of drug-likeness (QED) is 0.710. The van der Waals surface area contributed by atoms with Gasteiger partial charge in [-0.3, -0.25) is 4.98 Å². The summed E-state index contributed by atoms with van der Waals surface area (Å²) in [4.78, 5) is 3.92. The third-order valence-electron chi connectivity index (χ3n) is 1.14. The number of nitrogens with zero attached hydrogens (tertiary/aromatic N) is 1. The van der Waals surface area contributed by atoms with Gasteiger partial charge in [-0.1, -0.05) is 11.6 Å². The molecule has 0 aliphatic heterocycles. The maximum Gasteiger partial charge on any atom is 0.0715 e. The van der Waals surface area contributed by atoms with Gasteiger partial charge >= 0.3 is 0 Å². The lowest BCUT2D eigenvalue weighted by Gasteiger charge is -2.02. The number of aromatic nitrogens is 1. The molecule has 0 aromatic carbocycles. The largest absolute Gasteiger partial charge is 0.383 e. The van der Waals surface area contributed by atoms with E-state index in [9.17, 15) is 0 Å². The molecule has 0 spiro atoms. The number of pyridine rings is 1. The van der Waals surface area contributed by atoms with Crippen LogP contribution in [0.5, 0.6) is 0 Å². The van der Waals surface area contributed by atoms with Crippen LogP contribution in [0.15, 0.2) is 18.5 Å². The van der Waals surface area contributed by atoms with Gasteiger partial charge in [0.1, 0.15) is 0 Å². The molecule has 0 radical (unpaired) electrons. The molecule has 1 N–H and O–H groups in total. The highest BCUT2D eigenvalue weighted by atomic mass is 35.5. The second-order valence-electron chi connectivity index (χ2n) is 1.89. The molecule has 54 valence electrons. The number of hydrogen-bond acceptors (Lipinski definition) is 2. The van der Waals surface area contributed by atoms with Gasteiger partial charge in [0.05, 0.1) is 16.9 Å². The van der Waals surface area contributed by atoms with Gasteiger partial charge in [-0.2, -0.15) is 0 Å². The van der Waals surface area contributed by atoms with Gasteiger partial charge in [0.15, 0.2) is 0 Å². The fourth-order valence-corrected chi connectivity index (χ4v) is 0.870. The lowest BCUT2D eigenvalue weighted by molar-refractivity contribution is 1.19. The molecule has 1 aromatic heterocycles. The van der Waals surface area contributed by atoms with Crippen LogP contribution in [0.2, 0.25) is 5.02 Å². The van der Waals surface area contributed by atoms with Crippen molar-refractivity contribution in [3.8, 4) is 0 Å².